The van der Waals surface area contributed by atoms with Crippen molar-refractivity contribution in [2.24, 2.45) is 5.41 Å². The Morgan fingerprint density at radius 1 is 0.893 bits per heavy atom. The molecular weight excluding hydrogens is 393 g/mol. The fourth-order valence-electron chi connectivity index (χ4n) is 3.37. The number of hydrogen-bond donors (Lipinski definition) is 0. The number of halogens is 2. The van der Waals surface area contributed by atoms with Crippen LogP contribution in [0.25, 0.3) is 11.0 Å². The van der Waals surface area contributed by atoms with Crippen molar-refractivity contribution < 1.29 is 4.74 Å². The molecule has 0 fully saturated rings. The second-order valence-electron chi connectivity index (χ2n) is 8.84. The maximum absolute atomic E-state index is 6.08. The fraction of sp³-hybridized carbons (Fsp3) is 0.727. The molecule has 0 aliphatic heterocycles. The summed E-state index contributed by atoms with van der Waals surface area (Å²) in [6.07, 6.45) is 15.1. The standard InChI is InChI=1S/C22H35Cl2N3O/c1-22(2,3)14-11-9-7-5-4-6-8-10-12-16-28-17-27-15-13-18-19(23)25-21(24)26-20(18)27/h13,15H,4-12,14,16-17H2,1-3H3. The van der Waals surface area contributed by atoms with Gasteiger partial charge in [0.25, 0.3) is 0 Å². The van der Waals surface area contributed by atoms with E-state index in [9.17, 15) is 0 Å². The molecule has 4 nitrogen and oxygen atoms in total. The summed E-state index contributed by atoms with van der Waals surface area (Å²) in [7, 11) is 0. The molecule has 0 atom stereocenters. The highest BCUT2D eigenvalue weighted by molar-refractivity contribution is 6.35. The molecule has 0 aromatic carbocycles. The number of unbranched alkanes of at least 4 members (excludes halogenated alkanes) is 8. The molecule has 0 spiro atoms. The Hall–Kier alpha value is -0.840. The molecule has 2 heterocycles. The molecule has 2 aromatic rings. The highest BCUT2D eigenvalue weighted by Crippen LogP contribution is 2.24. The smallest absolute Gasteiger partial charge is 0.225 e. The quantitative estimate of drug-likeness (QED) is 0.187. The van der Waals surface area contributed by atoms with Gasteiger partial charge in [0, 0.05) is 12.8 Å². The molecule has 0 saturated heterocycles. The highest BCUT2D eigenvalue weighted by Gasteiger charge is 2.09. The van der Waals surface area contributed by atoms with E-state index in [1.54, 1.807) is 0 Å². The van der Waals surface area contributed by atoms with Crippen LogP contribution >= 0.6 is 23.2 Å². The van der Waals surface area contributed by atoms with Gasteiger partial charge in [-0.25, -0.2) is 4.98 Å². The Morgan fingerprint density at radius 3 is 2.14 bits per heavy atom. The van der Waals surface area contributed by atoms with Crippen LogP contribution in [0.5, 0.6) is 0 Å². The summed E-state index contributed by atoms with van der Waals surface area (Å²) in [5.74, 6) is 0. The summed E-state index contributed by atoms with van der Waals surface area (Å²) >= 11 is 12.0. The number of rotatable bonds is 13. The van der Waals surface area contributed by atoms with Gasteiger partial charge in [-0.3, -0.25) is 0 Å². The molecule has 0 aliphatic rings. The number of fused-ring (bicyclic) bond motifs is 1. The average molecular weight is 428 g/mol. The third-order valence-corrected chi connectivity index (χ3v) is 5.45. The van der Waals surface area contributed by atoms with E-state index in [1.165, 1.54) is 57.8 Å². The topological polar surface area (TPSA) is 39.9 Å². The van der Waals surface area contributed by atoms with Crippen LogP contribution in [0.4, 0.5) is 0 Å². The summed E-state index contributed by atoms with van der Waals surface area (Å²) in [6.45, 7) is 8.21. The van der Waals surface area contributed by atoms with Gasteiger partial charge in [0.05, 0.1) is 5.39 Å². The summed E-state index contributed by atoms with van der Waals surface area (Å²) in [5.41, 5.74) is 1.21. The molecular formula is C22H35Cl2N3O. The Morgan fingerprint density at radius 2 is 1.50 bits per heavy atom. The molecule has 0 amide bonds. The van der Waals surface area contributed by atoms with Crippen LogP contribution in [-0.4, -0.2) is 21.1 Å². The second kappa shape index (κ2) is 12.0. The molecule has 0 bridgehead atoms. The van der Waals surface area contributed by atoms with E-state index < -0.39 is 0 Å². The minimum absolute atomic E-state index is 0.159. The maximum Gasteiger partial charge on any atom is 0.225 e. The first-order valence-electron chi connectivity index (χ1n) is 10.6. The molecule has 0 unspecified atom stereocenters. The van der Waals surface area contributed by atoms with Gasteiger partial charge in [-0.05, 0) is 35.9 Å². The predicted molar refractivity (Wildman–Crippen MR) is 119 cm³/mol. The van der Waals surface area contributed by atoms with Gasteiger partial charge in [0.2, 0.25) is 5.28 Å². The zero-order valence-corrected chi connectivity index (χ0v) is 19.2. The molecule has 2 aromatic heterocycles. The van der Waals surface area contributed by atoms with E-state index in [0.717, 1.165) is 18.4 Å². The predicted octanol–water partition coefficient (Wildman–Crippen LogP) is 7.66. The van der Waals surface area contributed by atoms with Crippen LogP contribution in [0.1, 0.15) is 85.0 Å². The van der Waals surface area contributed by atoms with Crippen molar-refractivity contribution in [1.82, 2.24) is 14.5 Å². The molecule has 28 heavy (non-hydrogen) atoms. The van der Waals surface area contributed by atoms with E-state index in [-0.39, 0.29) is 5.28 Å². The highest BCUT2D eigenvalue weighted by atomic mass is 35.5. The van der Waals surface area contributed by atoms with Crippen molar-refractivity contribution in [3.63, 3.8) is 0 Å². The number of nitrogens with zero attached hydrogens (tertiary/aromatic N) is 3. The number of hydrogen-bond acceptors (Lipinski definition) is 3. The molecule has 0 N–H and O–H groups in total. The Balaban J connectivity index is 1.46. The lowest BCUT2D eigenvalue weighted by atomic mass is 9.89. The molecule has 0 radical (unpaired) electrons. The van der Waals surface area contributed by atoms with Crippen LogP contribution in [0.2, 0.25) is 10.4 Å². The lowest BCUT2D eigenvalue weighted by molar-refractivity contribution is 0.0763. The van der Waals surface area contributed by atoms with Gasteiger partial charge >= 0.3 is 0 Å². The van der Waals surface area contributed by atoms with Gasteiger partial charge in [-0.15, -0.1) is 0 Å². The summed E-state index contributed by atoms with van der Waals surface area (Å²) < 4.78 is 7.69. The van der Waals surface area contributed by atoms with Crippen molar-refractivity contribution >= 4 is 34.2 Å². The van der Waals surface area contributed by atoms with Crippen molar-refractivity contribution in [2.75, 3.05) is 6.61 Å². The molecule has 0 saturated carbocycles. The van der Waals surface area contributed by atoms with Gasteiger partial charge in [0.1, 0.15) is 17.5 Å². The Kier molecular flexibility index (Phi) is 10.0. The first kappa shape index (κ1) is 23.4. The van der Waals surface area contributed by atoms with E-state index in [0.29, 0.717) is 22.9 Å². The zero-order chi connectivity index (χ0) is 20.4. The lowest BCUT2D eigenvalue weighted by Gasteiger charge is -2.17. The average Bonchev–Trinajstić information content (AvgIpc) is 3.01. The molecule has 2 rings (SSSR count). The lowest BCUT2D eigenvalue weighted by Crippen LogP contribution is -2.04. The minimum Gasteiger partial charge on any atom is -0.361 e. The van der Waals surface area contributed by atoms with Gasteiger partial charge < -0.3 is 9.30 Å². The van der Waals surface area contributed by atoms with Crippen molar-refractivity contribution in [3.8, 4) is 0 Å². The maximum atomic E-state index is 6.08. The SMILES string of the molecule is CC(C)(C)CCCCCCCCCCCOCn1ccc2c(Cl)nc(Cl)nc21. The first-order chi connectivity index (χ1) is 13.4. The largest absolute Gasteiger partial charge is 0.361 e. The van der Waals surface area contributed by atoms with E-state index in [4.69, 9.17) is 27.9 Å². The van der Waals surface area contributed by atoms with Gasteiger partial charge in [-0.2, -0.15) is 4.98 Å². The minimum atomic E-state index is 0.159. The van der Waals surface area contributed by atoms with E-state index in [1.807, 2.05) is 16.8 Å². The van der Waals surface area contributed by atoms with Crippen LogP contribution in [0.3, 0.4) is 0 Å². The van der Waals surface area contributed by atoms with Gasteiger partial charge in [0.15, 0.2) is 0 Å². The number of aromatic nitrogens is 3. The summed E-state index contributed by atoms with van der Waals surface area (Å²) in [4.78, 5) is 8.19. The third-order valence-electron chi connectivity index (χ3n) is 4.99. The molecule has 6 heteroatoms. The normalized spacial score (nSPS) is 12.2. The first-order valence-corrected chi connectivity index (χ1v) is 11.4. The van der Waals surface area contributed by atoms with Crippen molar-refractivity contribution in [3.05, 3.63) is 22.7 Å². The zero-order valence-electron chi connectivity index (χ0n) is 17.6. The van der Waals surface area contributed by atoms with Crippen LogP contribution in [-0.2, 0) is 11.5 Å². The Bertz CT molecular complexity index is 710. The van der Waals surface area contributed by atoms with Crippen LogP contribution < -0.4 is 0 Å². The van der Waals surface area contributed by atoms with Crippen molar-refractivity contribution in [1.29, 1.82) is 0 Å². The van der Waals surface area contributed by atoms with Crippen molar-refractivity contribution in [2.45, 2.75) is 91.7 Å². The molecule has 158 valence electrons. The summed E-state index contributed by atoms with van der Waals surface area (Å²) in [6, 6.07) is 1.89. The van der Waals surface area contributed by atoms with E-state index >= 15 is 0 Å². The van der Waals surface area contributed by atoms with Crippen LogP contribution in [0, 0.1) is 5.41 Å². The van der Waals surface area contributed by atoms with Gasteiger partial charge in [-0.1, -0.05) is 83.7 Å². The Labute approximate surface area is 180 Å². The van der Waals surface area contributed by atoms with Crippen LogP contribution in [0.15, 0.2) is 12.3 Å². The second-order valence-corrected chi connectivity index (χ2v) is 9.53. The molecule has 0 aliphatic carbocycles. The van der Waals surface area contributed by atoms with E-state index in [2.05, 4.69) is 30.7 Å². The third kappa shape index (κ3) is 8.67. The number of ether oxygens (including phenoxy) is 1. The summed E-state index contributed by atoms with van der Waals surface area (Å²) in [5, 5.41) is 1.34. The monoisotopic (exact) mass is 427 g/mol. The fourth-order valence-corrected chi connectivity index (χ4v) is 3.80.